The first-order chi connectivity index (χ1) is 8.32. The van der Waals surface area contributed by atoms with E-state index in [4.69, 9.17) is 0 Å². The Kier molecular flexibility index (Phi) is 2.94. The maximum atomic E-state index is 12.3. The van der Waals surface area contributed by atoms with Crippen LogP contribution in [0.4, 0.5) is 13.2 Å². The Morgan fingerprint density at radius 1 is 1.00 bits per heavy atom. The number of aromatic amines is 1. The Labute approximate surface area is 101 Å². The minimum Gasteiger partial charge on any atom is -0.352 e. The van der Waals surface area contributed by atoms with Crippen LogP contribution in [0.1, 0.15) is 5.56 Å². The zero-order chi connectivity index (χ0) is 13.4. The van der Waals surface area contributed by atoms with Gasteiger partial charge < -0.3 is 4.98 Å². The summed E-state index contributed by atoms with van der Waals surface area (Å²) < 4.78 is 60.9. The molecule has 0 radical (unpaired) electrons. The van der Waals surface area contributed by atoms with Gasteiger partial charge in [0.2, 0.25) is 9.84 Å². The molecule has 7 heteroatoms. The summed E-state index contributed by atoms with van der Waals surface area (Å²) in [5.41, 5.74) is -0.882. The van der Waals surface area contributed by atoms with Gasteiger partial charge in [-0.15, -0.1) is 0 Å². The molecular formula is C11H8F3NO2S. The number of hydrogen-bond acceptors (Lipinski definition) is 2. The molecule has 0 aliphatic carbocycles. The first-order valence-corrected chi connectivity index (χ1v) is 6.36. The summed E-state index contributed by atoms with van der Waals surface area (Å²) >= 11 is 0. The van der Waals surface area contributed by atoms with Crippen LogP contribution in [-0.2, 0) is 16.0 Å². The molecule has 0 amide bonds. The lowest BCUT2D eigenvalue weighted by Gasteiger charge is -2.07. The van der Waals surface area contributed by atoms with E-state index in [9.17, 15) is 21.6 Å². The largest absolute Gasteiger partial charge is 0.416 e. The monoisotopic (exact) mass is 275 g/mol. The van der Waals surface area contributed by atoms with E-state index in [0.717, 1.165) is 24.3 Å². The molecule has 2 rings (SSSR count). The molecule has 0 aliphatic rings. The van der Waals surface area contributed by atoms with Crippen LogP contribution in [0.2, 0.25) is 0 Å². The van der Waals surface area contributed by atoms with E-state index < -0.39 is 21.6 Å². The van der Waals surface area contributed by atoms with Gasteiger partial charge in [-0.2, -0.15) is 13.2 Å². The van der Waals surface area contributed by atoms with E-state index in [-0.39, 0.29) is 9.92 Å². The molecule has 2 aromatic rings. The molecule has 1 N–H and O–H groups in total. The lowest BCUT2D eigenvalue weighted by Crippen LogP contribution is -2.06. The summed E-state index contributed by atoms with van der Waals surface area (Å²) in [7, 11) is -3.78. The fourth-order valence-electron chi connectivity index (χ4n) is 1.43. The SMILES string of the molecule is O=S(=O)(c1ccc(C(F)(F)F)cc1)c1ccc[nH]1. The third-order valence-electron chi connectivity index (χ3n) is 2.35. The van der Waals surface area contributed by atoms with Gasteiger partial charge in [0, 0.05) is 6.20 Å². The van der Waals surface area contributed by atoms with Crippen LogP contribution in [0.25, 0.3) is 0 Å². The fraction of sp³-hybridized carbons (Fsp3) is 0.0909. The van der Waals surface area contributed by atoms with E-state index >= 15 is 0 Å². The van der Waals surface area contributed by atoms with Crippen molar-refractivity contribution in [2.24, 2.45) is 0 Å². The number of aromatic nitrogens is 1. The molecule has 0 atom stereocenters. The molecule has 0 fully saturated rings. The molecule has 3 nitrogen and oxygen atoms in total. The predicted molar refractivity (Wildman–Crippen MR) is 57.7 cm³/mol. The molecule has 1 aromatic heterocycles. The number of sulfone groups is 1. The third kappa shape index (κ3) is 2.26. The van der Waals surface area contributed by atoms with E-state index in [1.54, 1.807) is 0 Å². The number of nitrogens with one attached hydrogen (secondary N) is 1. The highest BCUT2D eigenvalue weighted by Crippen LogP contribution is 2.30. The van der Waals surface area contributed by atoms with Crippen molar-refractivity contribution in [1.82, 2.24) is 4.98 Å². The van der Waals surface area contributed by atoms with Gasteiger partial charge in [-0.25, -0.2) is 8.42 Å². The highest BCUT2D eigenvalue weighted by Gasteiger charge is 2.30. The van der Waals surface area contributed by atoms with Crippen molar-refractivity contribution in [3.05, 3.63) is 48.2 Å². The average molecular weight is 275 g/mol. The van der Waals surface area contributed by atoms with Gasteiger partial charge in [-0.05, 0) is 36.4 Å². The van der Waals surface area contributed by atoms with Crippen molar-refractivity contribution in [1.29, 1.82) is 0 Å². The fourth-order valence-corrected chi connectivity index (χ4v) is 2.66. The van der Waals surface area contributed by atoms with Crippen LogP contribution >= 0.6 is 0 Å². The molecule has 96 valence electrons. The Morgan fingerprint density at radius 2 is 1.61 bits per heavy atom. The van der Waals surface area contributed by atoms with Gasteiger partial charge in [0.25, 0.3) is 0 Å². The van der Waals surface area contributed by atoms with Gasteiger partial charge in [0.05, 0.1) is 10.5 Å². The summed E-state index contributed by atoms with van der Waals surface area (Å²) in [5.74, 6) is 0. The van der Waals surface area contributed by atoms with E-state index in [2.05, 4.69) is 4.98 Å². The molecule has 0 bridgehead atoms. The van der Waals surface area contributed by atoms with Crippen molar-refractivity contribution in [3.8, 4) is 0 Å². The number of alkyl halides is 3. The second-order valence-electron chi connectivity index (χ2n) is 3.56. The first kappa shape index (κ1) is 12.7. The Balaban J connectivity index is 2.42. The van der Waals surface area contributed by atoms with Crippen molar-refractivity contribution in [2.75, 3.05) is 0 Å². The minimum absolute atomic E-state index is 0.0535. The van der Waals surface area contributed by atoms with E-state index in [1.807, 2.05) is 0 Å². The number of benzene rings is 1. The minimum atomic E-state index is -4.48. The van der Waals surface area contributed by atoms with Crippen LogP contribution < -0.4 is 0 Å². The summed E-state index contributed by atoms with van der Waals surface area (Å²) in [6, 6.07) is 6.22. The maximum absolute atomic E-state index is 12.3. The van der Waals surface area contributed by atoms with Crippen LogP contribution in [0.15, 0.2) is 52.5 Å². The van der Waals surface area contributed by atoms with Crippen molar-refractivity contribution >= 4 is 9.84 Å². The average Bonchev–Trinajstić information content (AvgIpc) is 2.82. The Morgan fingerprint density at radius 3 is 2.06 bits per heavy atom. The Hall–Kier alpha value is -1.76. The molecule has 0 spiro atoms. The molecule has 1 heterocycles. The number of rotatable bonds is 2. The summed E-state index contributed by atoms with van der Waals surface area (Å²) in [5, 5.41) is -0.0535. The maximum Gasteiger partial charge on any atom is 0.416 e. The highest BCUT2D eigenvalue weighted by atomic mass is 32.2. The van der Waals surface area contributed by atoms with Gasteiger partial charge in [0.15, 0.2) is 0 Å². The molecule has 0 unspecified atom stereocenters. The summed E-state index contributed by atoms with van der Waals surface area (Å²) in [6.07, 6.45) is -3.05. The van der Waals surface area contributed by atoms with Gasteiger partial charge in [0.1, 0.15) is 5.03 Å². The van der Waals surface area contributed by atoms with Gasteiger partial charge in [-0.3, -0.25) is 0 Å². The number of hydrogen-bond donors (Lipinski definition) is 1. The first-order valence-electron chi connectivity index (χ1n) is 4.87. The molecular weight excluding hydrogens is 267 g/mol. The van der Waals surface area contributed by atoms with Crippen LogP contribution in [0.3, 0.4) is 0 Å². The predicted octanol–water partition coefficient (Wildman–Crippen LogP) is 2.87. The van der Waals surface area contributed by atoms with Crippen molar-refractivity contribution < 1.29 is 21.6 Å². The zero-order valence-corrected chi connectivity index (χ0v) is 9.72. The van der Waals surface area contributed by atoms with Crippen LogP contribution in [0.5, 0.6) is 0 Å². The quantitative estimate of drug-likeness (QED) is 0.916. The standard InChI is InChI=1S/C11H8F3NO2S/c12-11(13,14)8-3-5-9(6-4-8)18(16,17)10-2-1-7-15-10/h1-7,15H. The zero-order valence-electron chi connectivity index (χ0n) is 8.90. The van der Waals surface area contributed by atoms with Crippen LogP contribution in [-0.4, -0.2) is 13.4 Å². The lowest BCUT2D eigenvalue weighted by atomic mass is 10.2. The molecule has 0 saturated carbocycles. The normalized spacial score (nSPS) is 12.6. The Bertz CT molecular complexity index is 628. The second-order valence-corrected chi connectivity index (χ2v) is 5.48. The number of H-pyrrole nitrogens is 1. The number of halogens is 3. The van der Waals surface area contributed by atoms with Gasteiger partial charge in [-0.1, -0.05) is 0 Å². The van der Waals surface area contributed by atoms with E-state index in [1.165, 1.54) is 18.3 Å². The second kappa shape index (κ2) is 4.16. The van der Waals surface area contributed by atoms with Crippen LogP contribution in [0, 0.1) is 0 Å². The molecule has 0 aliphatic heterocycles. The van der Waals surface area contributed by atoms with E-state index in [0.29, 0.717) is 0 Å². The van der Waals surface area contributed by atoms with Crippen molar-refractivity contribution in [3.63, 3.8) is 0 Å². The lowest BCUT2D eigenvalue weighted by molar-refractivity contribution is -0.137. The van der Waals surface area contributed by atoms with Crippen molar-refractivity contribution in [2.45, 2.75) is 16.1 Å². The summed E-state index contributed by atoms with van der Waals surface area (Å²) in [6.45, 7) is 0. The topological polar surface area (TPSA) is 49.9 Å². The third-order valence-corrected chi connectivity index (χ3v) is 4.08. The molecule has 0 saturated heterocycles. The molecule has 1 aromatic carbocycles. The summed E-state index contributed by atoms with van der Waals surface area (Å²) in [4.78, 5) is 2.33. The highest BCUT2D eigenvalue weighted by molar-refractivity contribution is 7.91. The molecule has 18 heavy (non-hydrogen) atoms. The smallest absolute Gasteiger partial charge is 0.352 e. The van der Waals surface area contributed by atoms with Gasteiger partial charge >= 0.3 is 6.18 Å².